The van der Waals surface area contributed by atoms with Crippen LogP contribution in [0.25, 0.3) is 11.3 Å². The minimum absolute atomic E-state index is 0.0338. The number of likely N-dealkylation sites (tertiary alicyclic amines) is 1. The summed E-state index contributed by atoms with van der Waals surface area (Å²) in [5, 5.41) is 8.91. The third-order valence-corrected chi connectivity index (χ3v) is 9.17. The number of rotatable bonds is 9. The number of benzene rings is 2. The maximum Gasteiger partial charge on any atom is 0.291 e. The third kappa shape index (κ3) is 10.4. The standard InChI is InChI=1S/C31H32ClF2N7O4S.C2H6O.CH2O/c1-40-23(21-7-8-24(45-4)26(34)25(21)33)16-35-27(40)30(44)38-18-5-6-20(22(32)13-18)29(43)36-14-19-15-37-31(46-19)39-28(42)17-9-11-41(2,3)12-10-17;1-3-2;1-2/h5-8,13,15-17H,9-12,14H2,1-4H3,(H2-,36,37,38,39,42,43,44);1-2H3;1H2/p+1. The lowest BCUT2D eigenvalue weighted by molar-refractivity contribution is -0.895. The first-order valence-corrected chi connectivity index (χ1v) is 16.7. The Morgan fingerprint density at radius 1 is 1.00 bits per heavy atom. The molecule has 1 saturated heterocycles. The van der Waals surface area contributed by atoms with E-state index < -0.39 is 23.4 Å². The highest BCUT2D eigenvalue weighted by Crippen LogP contribution is 2.30. The summed E-state index contributed by atoms with van der Waals surface area (Å²) in [5.74, 6) is -3.72. The Balaban J connectivity index is 0.00000133. The predicted octanol–water partition coefficient (Wildman–Crippen LogP) is 5.17. The second-order valence-corrected chi connectivity index (χ2v) is 13.5. The van der Waals surface area contributed by atoms with E-state index in [1.165, 1.54) is 66.6 Å². The number of thiazole rings is 1. The molecule has 3 amide bonds. The number of hydrogen-bond donors (Lipinski definition) is 3. The number of nitrogens with one attached hydrogen (secondary N) is 3. The van der Waals surface area contributed by atoms with Gasteiger partial charge in [-0.2, -0.15) is 4.39 Å². The van der Waals surface area contributed by atoms with Crippen molar-refractivity contribution in [2.45, 2.75) is 19.4 Å². The lowest BCUT2D eigenvalue weighted by Crippen LogP contribution is -2.48. The molecule has 0 atom stereocenters. The highest BCUT2D eigenvalue weighted by molar-refractivity contribution is 7.15. The van der Waals surface area contributed by atoms with Crippen LogP contribution < -0.4 is 20.7 Å². The zero-order chi connectivity index (χ0) is 37.9. The van der Waals surface area contributed by atoms with Crippen LogP contribution in [0, 0.1) is 17.6 Å². The number of carbonyl (C=O) groups excluding carboxylic acids is 4. The topological polar surface area (TPSA) is 154 Å². The van der Waals surface area contributed by atoms with Crippen molar-refractivity contribution in [1.82, 2.24) is 19.9 Å². The highest BCUT2D eigenvalue weighted by atomic mass is 35.5. The number of ether oxygens (including phenoxy) is 2. The van der Waals surface area contributed by atoms with Gasteiger partial charge in [0.25, 0.3) is 11.8 Å². The van der Waals surface area contributed by atoms with Crippen molar-refractivity contribution >= 4 is 58.3 Å². The van der Waals surface area contributed by atoms with Crippen LogP contribution in [0.3, 0.4) is 0 Å². The van der Waals surface area contributed by atoms with Crippen LogP contribution in [0.5, 0.6) is 5.75 Å². The molecule has 1 aliphatic heterocycles. The molecule has 0 saturated carbocycles. The minimum atomic E-state index is -1.15. The Labute approximate surface area is 303 Å². The molecule has 51 heavy (non-hydrogen) atoms. The molecule has 1 aliphatic rings. The lowest BCUT2D eigenvalue weighted by atomic mass is 9.95. The average molecular weight is 749 g/mol. The summed E-state index contributed by atoms with van der Waals surface area (Å²) in [6.07, 6.45) is 4.52. The number of carbonyl (C=O) groups is 4. The summed E-state index contributed by atoms with van der Waals surface area (Å²) in [7, 11) is 10.3. The van der Waals surface area contributed by atoms with Crippen molar-refractivity contribution in [1.29, 1.82) is 0 Å². The van der Waals surface area contributed by atoms with E-state index in [2.05, 4.69) is 44.8 Å². The number of nitrogens with zero attached hydrogens (tertiary/aromatic N) is 4. The fraction of sp³-hybridized carbons (Fsp3) is 0.353. The van der Waals surface area contributed by atoms with Crippen LogP contribution in [-0.4, -0.2) is 92.0 Å². The quantitative estimate of drug-likeness (QED) is 0.198. The van der Waals surface area contributed by atoms with Gasteiger partial charge in [0.1, 0.15) is 6.79 Å². The minimum Gasteiger partial charge on any atom is -0.494 e. The first-order valence-electron chi connectivity index (χ1n) is 15.5. The summed E-state index contributed by atoms with van der Waals surface area (Å²) in [4.78, 5) is 55.6. The van der Waals surface area contributed by atoms with E-state index in [0.29, 0.717) is 10.8 Å². The van der Waals surface area contributed by atoms with Crippen LogP contribution in [0.2, 0.25) is 5.02 Å². The number of imidazole rings is 1. The molecule has 3 heterocycles. The van der Waals surface area contributed by atoms with Crippen LogP contribution in [0.4, 0.5) is 19.6 Å². The van der Waals surface area contributed by atoms with E-state index >= 15 is 0 Å². The number of aromatic nitrogens is 3. The van der Waals surface area contributed by atoms with Gasteiger partial charge < -0.3 is 39.3 Å². The maximum atomic E-state index is 14.6. The second kappa shape index (κ2) is 18.5. The Hall–Kier alpha value is -4.77. The van der Waals surface area contributed by atoms with E-state index in [-0.39, 0.29) is 51.8 Å². The van der Waals surface area contributed by atoms with Crippen molar-refractivity contribution in [2.75, 3.05) is 59.1 Å². The molecule has 2 aromatic carbocycles. The number of hydrogen-bond acceptors (Lipinski definition) is 9. The molecular formula is C34H41ClF2N7O6S+. The molecular weight excluding hydrogens is 708 g/mol. The molecule has 274 valence electrons. The van der Waals surface area contributed by atoms with E-state index in [4.69, 9.17) is 21.1 Å². The molecule has 0 unspecified atom stereocenters. The fourth-order valence-corrected chi connectivity index (χ4v) is 6.19. The van der Waals surface area contributed by atoms with Crippen LogP contribution in [0.15, 0.2) is 42.7 Å². The summed E-state index contributed by atoms with van der Waals surface area (Å²) in [6, 6.07) is 7.01. The van der Waals surface area contributed by atoms with Gasteiger partial charge in [-0.05, 0) is 30.3 Å². The van der Waals surface area contributed by atoms with E-state index in [1.807, 2.05) is 6.79 Å². The predicted molar refractivity (Wildman–Crippen MR) is 191 cm³/mol. The number of anilines is 2. The van der Waals surface area contributed by atoms with Gasteiger partial charge >= 0.3 is 0 Å². The van der Waals surface area contributed by atoms with Crippen molar-refractivity contribution < 1.29 is 41.9 Å². The molecule has 1 fully saturated rings. The number of quaternary nitrogens is 1. The summed E-state index contributed by atoms with van der Waals surface area (Å²) in [6.45, 7) is 4.08. The van der Waals surface area contributed by atoms with Crippen molar-refractivity contribution in [3.63, 3.8) is 0 Å². The third-order valence-electron chi connectivity index (χ3n) is 7.95. The second-order valence-electron chi connectivity index (χ2n) is 12.0. The Kier molecular flexibility index (Phi) is 14.7. The maximum absolute atomic E-state index is 14.6. The number of methoxy groups -OCH3 is 2. The largest absolute Gasteiger partial charge is 0.494 e. The lowest BCUT2D eigenvalue weighted by Gasteiger charge is -2.36. The summed E-state index contributed by atoms with van der Waals surface area (Å²) >= 11 is 7.66. The molecule has 3 N–H and O–H groups in total. The Morgan fingerprint density at radius 2 is 1.67 bits per heavy atom. The van der Waals surface area contributed by atoms with E-state index in [0.717, 1.165) is 35.3 Å². The van der Waals surface area contributed by atoms with Gasteiger partial charge in [0.05, 0.1) is 63.3 Å². The van der Waals surface area contributed by atoms with Gasteiger partial charge in [0.15, 0.2) is 22.5 Å². The Bertz CT molecular complexity index is 1840. The molecule has 4 aromatic rings. The SMILES string of the molecule is C=O.COC.COc1ccc(-c2cnc(C(=O)Nc3ccc(C(=O)NCc4cnc(NC(=O)C5CC[N+](C)(C)CC5)s4)c(Cl)c3)n2C)c(F)c1F. The molecule has 0 aliphatic carbocycles. The molecule has 2 aromatic heterocycles. The average Bonchev–Trinajstić information content (AvgIpc) is 3.72. The van der Waals surface area contributed by atoms with Crippen LogP contribution >= 0.6 is 22.9 Å². The molecule has 0 radical (unpaired) electrons. The van der Waals surface area contributed by atoms with Gasteiger partial charge in [-0.25, -0.2) is 14.4 Å². The van der Waals surface area contributed by atoms with Gasteiger partial charge in [-0.1, -0.05) is 22.9 Å². The first-order chi connectivity index (χ1) is 24.3. The molecule has 5 rings (SSSR count). The molecule has 13 nitrogen and oxygen atoms in total. The molecule has 0 spiro atoms. The number of halogens is 3. The highest BCUT2D eigenvalue weighted by Gasteiger charge is 2.31. The Morgan fingerprint density at radius 3 is 2.29 bits per heavy atom. The normalized spacial score (nSPS) is 13.5. The zero-order valence-corrected chi connectivity index (χ0v) is 30.7. The van der Waals surface area contributed by atoms with Crippen LogP contribution in [-0.2, 0) is 27.9 Å². The van der Waals surface area contributed by atoms with Gasteiger partial charge in [0, 0.05) is 62.4 Å². The summed E-state index contributed by atoms with van der Waals surface area (Å²) < 4.78 is 40.2. The number of amides is 3. The summed E-state index contributed by atoms with van der Waals surface area (Å²) in [5.41, 5.74) is 0.569. The van der Waals surface area contributed by atoms with Crippen molar-refractivity contribution in [2.24, 2.45) is 13.0 Å². The van der Waals surface area contributed by atoms with Gasteiger partial charge in [-0.15, -0.1) is 0 Å². The molecule has 17 heteroatoms. The first kappa shape index (κ1) is 40.7. The molecule has 0 bridgehead atoms. The fourth-order valence-electron chi connectivity index (χ4n) is 5.17. The van der Waals surface area contributed by atoms with Crippen molar-refractivity contribution in [3.05, 3.63) is 75.6 Å². The van der Waals surface area contributed by atoms with Gasteiger partial charge in [-0.3, -0.25) is 14.4 Å². The van der Waals surface area contributed by atoms with Gasteiger partial charge in [0.2, 0.25) is 11.7 Å². The van der Waals surface area contributed by atoms with E-state index in [1.54, 1.807) is 20.4 Å². The van der Waals surface area contributed by atoms with E-state index in [9.17, 15) is 23.2 Å². The monoisotopic (exact) mass is 748 g/mol. The van der Waals surface area contributed by atoms with Crippen molar-refractivity contribution in [3.8, 4) is 17.0 Å². The zero-order valence-electron chi connectivity index (χ0n) is 29.1. The number of piperidine rings is 1. The smallest absolute Gasteiger partial charge is 0.291 e. The van der Waals surface area contributed by atoms with Crippen LogP contribution in [0.1, 0.15) is 38.7 Å².